The van der Waals surface area contributed by atoms with Crippen molar-refractivity contribution in [2.75, 3.05) is 44.4 Å². The van der Waals surface area contributed by atoms with Gasteiger partial charge in [-0.25, -0.2) is 0 Å². The number of benzene rings is 1. The molecule has 0 saturated carbocycles. The fraction of sp³-hybridized carbons (Fsp3) is 0.533. The number of anilines is 2. The Morgan fingerprint density at radius 2 is 2.25 bits per heavy atom. The average Bonchev–Trinajstić information content (AvgIpc) is 2.86. The second kappa shape index (κ2) is 6.13. The first kappa shape index (κ1) is 14.7. The molecule has 0 aliphatic carbocycles. The molecule has 0 radical (unpaired) electrons. The summed E-state index contributed by atoms with van der Waals surface area (Å²) in [6.45, 7) is 1.67. The van der Waals surface area contributed by atoms with Gasteiger partial charge in [-0.3, -0.25) is 4.79 Å². The number of rotatable bonds is 4. The van der Waals surface area contributed by atoms with Crippen molar-refractivity contribution in [2.24, 2.45) is 5.92 Å². The Labute approximate surface area is 120 Å². The number of carbonyl (C=O) groups excluding carboxylic acids is 1. The molecule has 1 aromatic carbocycles. The molecule has 110 valence electrons. The fourth-order valence-electron chi connectivity index (χ4n) is 2.72. The number of aliphatic hydroxyl groups excluding tert-OH is 1. The van der Waals surface area contributed by atoms with E-state index in [0.717, 1.165) is 31.6 Å². The highest BCUT2D eigenvalue weighted by atomic mass is 16.3. The van der Waals surface area contributed by atoms with Gasteiger partial charge in [0.05, 0.1) is 5.56 Å². The molecule has 1 aliphatic rings. The van der Waals surface area contributed by atoms with Crippen molar-refractivity contribution in [1.82, 2.24) is 4.90 Å². The van der Waals surface area contributed by atoms with Gasteiger partial charge in [-0.15, -0.1) is 0 Å². The molecule has 0 bridgehead atoms. The number of hydrogen-bond donors (Lipinski definition) is 2. The lowest BCUT2D eigenvalue weighted by molar-refractivity contribution is 0.0785. The summed E-state index contributed by atoms with van der Waals surface area (Å²) in [4.78, 5) is 16.4. The lowest BCUT2D eigenvalue weighted by Gasteiger charge is -2.22. The summed E-state index contributed by atoms with van der Waals surface area (Å²) >= 11 is 0. The standard InChI is InChI=1S/C15H23N3O2/c1-17(2)14-4-3-12(16)9-13(14)15(20)18-7-5-11(10-18)6-8-19/h3-4,9,11,19H,5-8,10,16H2,1-2H3. The molecule has 1 aliphatic heterocycles. The van der Waals surface area contributed by atoms with Gasteiger partial charge in [0, 0.05) is 45.2 Å². The summed E-state index contributed by atoms with van der Waals surface area (Å²) in [7, 11) is 3.84. The number of aliphatic hydroxyl groups is 1. The topological polar surface area (TPSA) is 69.8 Å². The predicted octanol–water partition coefficient (Wildman–Crippen LogP) is 1.18. The molecule has 1 amide bonds. The van der Waals surface area contributed by atoms with Gasteiger partial charge in [0.25, 0.3) is 5.91 Å². The number of hydrogen-bond acceptors (Lipinski definition) is 4. The number of nitrogens with zero attached hydrogens (tertiary/aromatic N) is 2. The molecule has 1 unspecified atom stereocenters. The zero-order valence-corrected chi connectivity index (χ0v) is 12.2. The van der Waals surface area contributed by atoms with Crippen molar-refractivity contribution in [1.29, 1.82) is 0 Å². The van der Waals surface area contributed by atoms with E-state index in [1.54, 1.807) is 6.07 Å². The summed E-state index contributed by atoms with van der Waals surface area (Å²) in [5, 5.41) is 9.00. The maximum atomic E-state index is 12.7. The van der Waals surface area contributed by atoms with Crippen LogP contribution in [0.5, 0.6) is 0 Å². The van der Waals surface area contributed by atoms with Crippen LogP contribution in [0.25, 0.3) is 0 Å². The summed E-state index contributed by atoms with van der Waals surface area (Å²) in [5.74, 6) is 0.439. The molecule has 1 heterocycles. The van der Waals surface area contributed by atoms with Crippen LogP contribution in [0, 0.1) is 5.92 Å². The van der Waals surface area contributed by atoms with Crippen LogP contribution in [0.15, 0.2) is 18.2 Å². The lowest BCUT2D eigenvalue weighted by Crippen LogP contribution is -2.30. The van der Waals surface area contributed by atoms with E-state index in [0.29, 0.717) is 17.2 Å². The van der Waals surface area contributed by atoms with Crippen LogP contribution < -0.4 is 10.6 Å². The van der Waals surface area contributed by atoms with Crippen molar-refractivity contribution in [3.63, 3.8) is 0 Å². The molecule has 1 fully saturated rings. The SMILES string of the molecule is CN(C)c1ccc(N)cc1C(=O)N1CCC(CCO)C1. The lowest BCUT2D eigenvalue weighted by atomic mass is 10.1. The second-order valence-electron chi connectivity index (χ2n) is 5.59. The molecule has 3 N–H and O–H groups in total. The molecular formula is C15H23N3O2. The third-order valence-electron chi connectivity index (χ3n) is 3.84. The minimum absolute atomic E-state index is 0.0291. The van der Waals surface area contributed by atoms with Gasteiger partial charge in [-0.1, -0.05) is 0 Å². The quantitative estimate of drug-likeness (QED) is 0.811. The summed E-state index contributed by atoms with van der Waals surface area (Å²) in [6, 6.07) is 5.44. The predicted molar refractivity (Wildman–Crippen MR) is 80.9 cm³/mol. The van der Waals surface area contributed by atoms with Gasteiger partial charge >= 0.3 is 0 Å². The van der Waals surface area contributed by atoms with E-state index in [4.69, 9.17) is 10.8 Å². The minimum atomic E-state index is 0.0291. The average molecular weight is 277 g/mol. The monoisotopic (exact) mass is 277 g/mol. The molecule has 0 spiro atoms. The molecule has 1 aromatic rings. The van der Waals surface area contributed by atoms with Gasteiger partial charge in [-0.05, 0) is 37.0 Å². The maximum absolute atomic E-state index is 12.7. The Hall–Kier alpha value is -1.75. The van der Waals surface area contributed by atoms with Crippen LogP contribution in [0.3, 0.4) is 0 Å². The molecule has 1 atom stereocenters. The zero-order valence-electron chi connectivity index (χ0n) is 12.2. The van der Waals surface area contributed by atoms with E-state index in [1.165, 1.54) is 0 Å². The van der Waals surface area contributed by atoms with E-state index in [-0.39, 0.29) is 12.5 Å². The normalized spacial score (nSPS) is 18.4. The van der Waals surface area contributed by atoms with Crippen molar-refractivity contribution < 1.29 is 9.90 Å². The van der Waals surface area contributed by atoms with E-state index < -0.39 is 0 Å². The Morgan fingerprint density at radius 1 is 1.50 bits per heavy atom. The number of nitrogens with two attached hydrogens (primary N) is 1. The second-order valence-corrected chi connectivity index (χ2v) is 5.59. The van der Waals surface area contributed by atoms with Gasteiger partial charge in [0.2, 0.25) is 0 Å². The van der Waals surface area contributed by atoms with Crippen LogP contribution in [0.4, 0.5) is 11.4 Å². The van der Waals surface area contributed by atoms with Crippen LogP contribution >= 0.6 is 0 Å². The minimum Gasteiger partial charge on any atom is -0.399 e. The molecular weight excluding hydrogens is 254 g/mol. The van der Waals surface area contributed by atoms with Crippen LogP contribution in [-0.2, 0) is 0 Å². The molecule has 1 saturated heterocycles. The summed E-state index contributed by atoms with van der Waals surface area (Å²) < 4.78 is 0. The first-order chi connectivity index (χ1) is 9.52. The highest BCUT2D eigenvalue weighted by molar-refractivity contribution is 6.00. The molecule has 20 heavy (non-hydrogen) atoms. The fourth-order valence-corrected chi connectivity index (χ4v) is 2.72. The number of nitrogen functional groups attached to an aromatic ring is 1. The van der Waals surface area contributed by atoms with Crippen molar-refractivity contribution in [2.45, 2.75) is 12.8 Å². The summed E-state index contributed by atoms with van der Waals surface area (Å²) in [6.07, 6.45) is 1.73. The van der Waals surface area contributed by atoms with Crippen molar-refractivity contribution in [3.8, 4) is 0 Å². The highest BCUT2D eigenvalue weighted by Crippen LogP contribution is 2.26. The van der Waals surface area contributed by atoms with Crippen LogP contribution in [-0.4, -0.2) is 49.7 Å². The Balaban J connectivity index is 2.19. The number of likely N-dealkylation sites (tertiary alicyclic amines) is 1. The van der Waals surface area contributed by atoms with E-state index in [9.17, 15) is 4.79 Å². The molecule has 5 heteroatoms. The number of amides is 1. The largest absolute Gasteiger partial charge is 0.399 e. The van der Waals surface area contributed by atoms with E-state index in [2.05, 4.69) is 0 Å². The van der Waals surface area contributed by atoms with E-state index in [1.807, 2.05) is 36.0 Å². The van der Waals surface area contributed by atoms with Gasteiger partial charge in [-0.2, -0.15) is 0 Å². The maximum Gasteiger partial charge on any atom is 0.256 e. The van der Waals surface area contributed by atoms with Crippen molar-refractivity contribution in [3.05, 3.63) is 23.8 Å². The van der Waals surface area contributed by atoms with E-state index >= 15 is 0 Å². The van der Waals surface area contributed by atoms with Gasteiger partial charge in [0.15, 0.2) is 0 Å². The Kier molecular flexibility index (Phi) is 4.49. The van der Waals surface area contributed by atoms with Crippen molar-refractivity contribution >= 4 is 17.3 Å². The third kappa shape index (κ3) is 3.04. The Bertz CT molecular complexity index is 488. The third-order valence-corrected chi connectivity index (χ3v) is 3.84. The number of carbonyl (C=O) groups is 1. The first-order valence-electron chi connectivity index (χ1n) is 7.00. The smallest absolute Gasteiger partial charge is 0.256 e. The molecule has 0 aromatic heterocycles. The molecule has 2 rings (SSSR count). The van der Waals surface area contributed by atoms with Crippen LogP contribution in [0.1, 0.15) is 23.2 Å². The van der Waals surface area contributed by atoms with Crippen LogP contribution in [0.2, 0.25) is 0 Å². The highest BCUT2D eigenvalue weighted by Gasteiger charge is 2.28. The summed E-state index contributed by atoms with van der Waals surface area (Å²) in [5.41, 5.74) is 7.96. The van der Waals surface area contributed by atoms with Gasteiger partial charge < -0.3 is 20.6 Å². The first-order valence-corrected chi connectivity index (χ1v) is 7.00. The Morgan fingerprint density at radius 3 is 2.90 bits per heavy atom. The zero-order chi connectivity index (χ0) is 14.7. The van der Waals surface area contributed by atoms with Gasteiger partial charge in [0.1, 0.15) is 0 Å². The molecule has 5 nitrogen and oxygen atoms in total.